The molecule has 3 aromatic rings. The molecule has 8 heteroatoms. The highest BCUT2D eigenvalue weighted by atomic mass is 35.5. The number of nitrogens with zero attached hydrogens (tertiary/aromatic N) is 3. The Labute approximate surface area is 197 Å². The number of aromatic nitrogens is 2. The largest absolute Gasteiger partial charge is 0.872 e. The number of benzene rings is 2. The summed E-state index contributed by atoms with van der Waals surface area (Å²) in [5.41, 5.74) is 2.33. The van der Waals surface area contributed by atoms with Crippen molar-refractivity contribution in [2.75, 3.05) is 27.2 Å². The van der Waals surface area contributed by atoms with Crippen molar-refractivity contribution in [1.82, 2.24) is 14.7 Å². The average Bonchev–Trinajstić information content (AvgIpc) is 3.30. The Morgan fingerprint density at radius 3 is 2.39 bits per heavy atom. The molecule has 1 N–H and O–H groups in total. The molecule has 2 heterocycles. The third kappa shape index (κ3) is 4.29. The number of hydrogen-bond donors (Lipinski definition) is 1. The molecule has 0 radical (unpaired) electrons. The SMILES string of the molecule is Cc1c(/C([O-])=C2\C(=O)C(=O)N(CC[NH+](C)C)C2c2ccc(Cl)cc2)cnn1-c1ccccc1. The molecule has 1 saturated heterocycles. The minimum Gasteiger partial charge on any atom is -0.872 e. The number of carbonyl (C=O) groups excluding carboxylic acids is 2. The van der Waals surface area contributed by atoms with Gasteiger partial charge in [0.15, 0.2) is 0 Å². The normalized spacial score (nSPS) is 17.8. The van der Waals surface area contributed by atoms with Crippen LogP contribution in [-0.2, 0) is 9.59 Å². The van der Waals surface area contributed by atoms with Crippen molar-refractivity contribution in [3.05, 3.63) is 88.2 Å². The van der Waals surface area contributed by atoms with Gasteiger partial charge in [0.05, 0.1) is 45.1 Å². The quantitative estimate of drug-likeness (QED) is 0.337. The van der Waals surface area contributed by atoms with E-state index in [0.717, 1.165) is 10.6 Å². The van der Waals surface area contributed by atoms with Crippen molar-refractivity contribution in [2.24, 2.45) is 0 Å². The van der Waals surface area contributed by atoms with E-state index in [0.29, 0.717) is 34.9 Å². The molecule has 33 heavy (non-hydrogen) atoms. The summed E-state index contributed by atoms with van der Waals surface area (Å²) in [6, 6.07) is 15.5. The van der Waals surface area contributed by atoms with Crippen molar-refractivity contribution >= 4 is 29.1 Å². The van der Waals surface area contributed by atoms with E-state index in [-0.39, 0.29) is 5.57 Å². The van der Waals surface area contributed by atoms with Crippen LogP contribution in [0.25, 0.3) is 11.4 Å². The second-order valence-corrected chi connectivity index (χ2v) is 8.81. The molecule has 170 valence electrons. The zero-order valence-electron chi connectivity index (χ0n) is 18.7. The maximum absolute atomic E-state index is 13.7. The predicted molar refractivity (Wildman–Crippen MR) is 124 cm³/mol. The van der Waals surface area contributed by atoms with Crippen LogP contribution < -0.4 is 10.0 Å². The van der Waals surface area contributed by atoms with E-state index in [2.05, 4.69) is 5.10 Å². The van der Waals surface area contributed by atoms with Gasteiger partial charge in [0, 0.05) is 21.9 Å². The van der Waals surface area contributed by atoms with Gasteiger partial charge in [-0.2, -0.15) is 5.10 Å². The van der Waals surface area contributed by atoms with Crippen LogP contribution in [0, 0.1) is 6.92 Å². The van der Waals surface area contributed by atoms with Gasteiger partial charge in [-0.1, -0.05) is 47.7 Å². The molecule has 7 nitrogen and oxygen atoms in total. The molecule has 1 unspecified atom stereocenters. The standard InChI is InChI=1S/C25H25ClN4O3/c1-16-20(15-27-30(16)19-7-5-4-6-8-19)23(31)21-22(17-9-11-18(26)12-10-17)29(14-13-28(2)3)25(33)24(21)32/h4-12,15,22,31H,13-14H2,1-3H3/b23-21+. The Bertz CT molecular complexity index is 1220. The van der Waals surface area contributed by atoms with Crippen LogP contribution in [0.15, 0.2) is 66.4 Å². The fourth-order valence-electron chi connectivity index (χ4n) is 4.04. The third-order valence-corrected chi connectivity index (χ3v) is 6.08. The number of Topliss-reactive ketones (excluding diaryl/α,β-unsaturated/α-hetero) is 1. The summed E-state index contributed by atoms with van der Waals surface area (Å²) in [7, 11) is 3.94. The molecule has 2 aromatic carbocycles. The predicted octanol–water partition coefficient (Wildman–Crippen LogP) is 1.20. The number of halogens is 1. The molecule has 1 aliphatic rings. The van der Waals surface area contributed by atoms with Crippen LogP contribution in [-0.4, -0.2) is 53.6 Å². The van der Waals surface area contributed by atoms with E-state index in [9.17, 15) is 14.7 Å². The van der Waals surface area contributed by atoms with Crippen LogP contribution >= 0.6 is 11.6 Å². The summed E-state index contributed by atoms with van der Waals surface area (Å²) in [5, 5.41) is 18.6. The maximum Gasteiger partial charge on any atom is 0.295 e. The molecule has 1 aromatic heterocycles. The number of likely N-dealkylation sites (N-methyl/N-ethyl adjacent to an activating group) is 1. The zero-order chi connectivity index (χ0) is 23.7. The van der Waals surface area contributed by atoms with E-state index >= 15 is 0 Å². The Morgan fingerprint density at radius 2 is 1.76 bits per heavy atom. The van der Waals surface area contributed by atoms with Gasteiger partial charge in [0.2, 0.25) is 5.78 Å². The number of hydrogen-bond acceptors (Lipinski definition) is 4. The summed E-state index contributed by atoms with van der Waals surface area (Å²) in [5.74, 6) is -1.90. The van der Waals surface area contributed by atoms with Gasteiger partial charge in [-0.3, -0.25) is 9.59 Å². The molecule has 0 spiro atoms. The molecule has 1 amide bonds. The lowest BCUT2D eigenvalue weighted by Gasteiger charge is -2.27. The van der Waals surface area contributed by atoms with Crippen molar-refractivity contribution in [3.63, 3.8) is 0 Å². The highest BCUT2D eigenvalue weighted by Gasteiger charge is 2.44. The lowest BCUT2D eigenvalue weighted by Crippen LogP contribution is -3.06. The summed E-state index contributed by atoms with van der Waals surface area (Å²) in [6.07, 6.45) is 1.46. The first-order chi connectivity index (χ1) is 15.8. The number of carbonyl (C=O) groups is 2. The van der Waals surface area contributed by atoms with Crippen LogP contribution in [0.1, 0.15) is 22.9 Å². The second kappa shape index (κ2) is 9.21. The molecule has 0 aliphatic carbocycles. The number of para-hydroxylation sites is 1. The van der Waals surface area contributed by atoms with Crippen molar-refractivity contribution < 1.29 is 19.6 Å². The summed E-state index contributed by atoms with van der Waals surface area (Å²) in [6.45, 7) is 2.76. The molecule has 0 saturated carbocycles. The number of ketones is 1. The third-order valence-electron chi connectivity index (χ3n) is 5.82. The van der Waals surface area contributed by atoms with Gasteiger partial charge in [-0.15, -0.1) is 0 Å². The monoisotopic (exact) mass is 464 g/mol. The minimum atomic E-state index is -0.770. The maximum atomic E-state index is 13.7. The Morgan fingerprint density at radius 1 is 1.09 bits per heavy atom. The van der Waals surface area contributed by atoms with Gasteiger partial charge in [0.1, 0.15) is 0 Å². The Kier molecular flexibility index (Phi) is 6.35. The minimum absolute atomic E-state index is 0.0493. The average molecular weight is 465 g/mol. The fourth-order valence-corrected chi connectivity index (χ4v) is 4.17. The lowest BCUT2D eigenvalue weighted by atomic mass is 9.95. The van der Waals surface area contributed by atoms with Crippen LogP contribution in [0.4, 0.5) is 0 Å². The van der Waals surface area contributed by atoms with Crippen LogP contribution in [0.5, 0.6) is 0 Å². The van der Waals surface area contributed by atoms with Crippen molar-refractivity contribution in [1.29, 1.82) is 0 Å². The first-order valence-electron chi connectivity index (χ1n) is 10.7. The van der Waals surface area contributed by atoms with Crippen molar-refractivity contribution in [3.8, 4) is 5.69 Å². The highest BCUT2D eigenvalue weighted by Crippen LogP contribution is 2.39. The summed E-state index contributed by atoms with van der Waals surface area (Å²) < 4.78 is 1.65. The van der Waals surface area contributed by atoms with E-state index < -0.39 is 23.5 Å². The van der Waals surface area contributed by atoms with E-state index in [4.69, 9.17) is 11.6 Å². The topological polar surface area (TPSA) is 82.7 Å². The molecule has 1 atom stereocenters. The lowest BCUT2D eigenvalue weighted by molar-refractivity contribution is -0.857. The Balaban J connectivity index is 1.84. The second-order valence-electron chi connectivity index (χ2n) is 8.37. The van der Waals surface area contributed by atoms with Gasteiger partial charge in [-0.25, -0.2) is 4.68 Å². The Hall–Kier alpha value is -3.42. The van der Waals surface area contributed by atoms with Gasteiger partial charge in [-0.05, 0) is 36.8 Å². The van der Waals surface area contributed by atoms with Gasteiger partial charge < -0.3 is 14.9 Å². The number of quaternary nitrogens is 1. The van der Waals surface area contributed by atoms with Gasteiger partial charge >= 0.3 is 0 Å². The molecule has 1 aliphatic heterocycles. The number of rotatable bonds is 6. The first kappa shape index (κ1) is 22.8. The van der Waals surface area contributed by atoms with E-state index in [1.807, 2.05) is 44.4 Å². The summed E-state index contributed by atoms with van der Waals surface area (Å²) in [4.78, 5) is 28.7. The molecule has 1 fully saturated rings. The fraction of sp³-hybridized carbons (Fsp3) is 0.240. The van der Waals surface area contributed by atoms with Crippen LogP contribution in [0.3, 0.4) is 0 Å². The van der Waals surface area contributed by atoms with E-state index in [1.54, 1.807) is 35.9 Å². The molecule has 4 rings (SSSR count). The zero-order valence-corrected chi connectivity index (χ0v) is 19.5. The van der Waals surface area contributed by atoms with E-state index in [1.165, 1.54) is 11.1 Å². The van der Waals surface area contributed by atoms with Crippen LogP contribution in [0.2, 0.25) is 5.02 Å². The number of likely N-dealkylation sites (tertiary alicyclic amines) is 1. The summed E-state index contributed by atoms with van der Waals surface area (Å²) >= 11 is 6.06. The molecular formula is C25H25ClN4O3. The molecular weight excluding hydrogens is 440 g/mol. The van der Waals surface area contributed by atoms with Crippen molar-refractivity contribution in [2.45, 2.75) is 13.0 Å². The first-order valence-corrected chi connectivity index (χ1v) is 11.1. The number of amides is 1. The molecule has 0 bridgehead atoms. The van der Waals surface area contributed by atoms with Gasteiger partial charge in [0.25, 0.3) is 5.91 Å². The smallest absolute Gasteiger partial charge is 0.295 e. The highest BCUT2D eigenvalue weighted by molar-refractivity contribution is 6.46. The number of nitrogens with one attached hydrogen (secondary N) is 1.